The van der Waals surface area contributed by atoms with Crippen LogP contribution in [0.5, 0.6) is 0 Å². The molecule has 2 amide bonds. The number of ether oxygens (including phenoxy) is 1. The van der Waals surface area contributed by atoms with E-state index in [2.05, 4.69) is 10.6 Å². The molecule has 0 radical (unpaired) electrons. The third kappa shape index (κ3) is 5.51. The number of carbonyl (C=O) groups excluding carboxylic acids is 3. The van der Waals surface area contributed by atoms with Crippen LogP contribution in [0.1, 0.15) is 34.9 Å². The number of hydrogen-bond donors (Lipinski definition) is 2. The van der Waals surface area contributed by atoms with Crippen molar-refractivity contribution in [2.45, 2.75) is 25.0 Å². The Morgan fingerprint density at radius 3 is 2.43 bits per heavy atom. The molecule has 1 aliphatic carbocycles. The standard InChI is InChI=1S/C20H18FIN2O4/c21-13-7-5-12(6-8-13)18(20(27)24-14-9-10-14)28-17(25)11-23-19(26)15-3-1-2-4-16(15)22/h1-8,14,18H,9-11H2,(H,23,26)(H,24,27). The van der Waals surface area contributed by atoms with Gasteiger partial charge < -0.3 is 15.4 Å². The fourth-order valence-corrected chi connectivity index (χ4v) is 3.11. The van der Waals surface area contributed by atoms with Crippen LogP contribution >= 0.6 is 22.6 Å². The average Bonchev–Trinajstić information content (AvgIpc) is 3.49. The smallest absolute Gasteiger partial charge is 0.326 e. The van der Waals surface area contributed by atoms with Crippen molar-refractivity contribution in [3.63, 3.8) is 0 Å². The highest BCUT2D eigenvalue weighted by Gasteiger charge is 2.31. The van der Waals surface area contributed by atoms with Crippen molar-refractivity contribution in [3.05, 3.63) is 69.0 Å². The first kappa shape index (κ1) is 20.2. The molecule has 1 unspecified atom stereocenters. The van der Waals surface area contributed by atoms with E-state index in [-0.39, 0.29) is 6.04 Å². The van der Waals surface area contributed by atoms with E-state index in [9.17, 15) is 18.8 Å². The first-order valence-corrected chi connectivity index (χ1v) is 9.80. The summed E-state index contributed by atoms with van der Waals surface area (Å²) in [4.78, 5) is 36.9. The van der Waals surface area contributed by atoms with Gasteiger partial charge >= 0.3 is 5.97 Å². The molecule has 0 heterocycles. The van der Waals surface area contributed by atoms with Crippen LogP contribution in [0.4, 0.5) is 4.39 Å². The number of nitrogens with one attached hydrogen (secondary N) is 2. The second kappa shape index (κ2) is 9.13. The number of halogens is 2. The Bertz CT molecular complexity index is 884. The van der Waals surface area contributed by atoms with Crippen molar-refractivity contribution in [1.82, 2.24) is 10.6 Å². The third-order valence-electron chi connectivity index (χ3n) is 4.10. The lowest BCUT2D eigenvalue weighted by Crippen LogP contribution is -2.36. The number of rotatable bonds is 7. The predicted molar refractivity (Wildman–Crippen MR) is 108 cm³/mol. The zero-order valence-corrected chi connectivity index (χ0v) is 16.9. The van der Waals surface area contributed by atoms with Gasteiger partial charge in [0.2, 0.25) is 6.10 Å². The van der Waals surface area contributed by atoms with Crippen molar-refractivity contribution in [2.24, 2.45) is 0 Å². The van der Waals surface area contributed by atoms with Gasteiger partial charge in [0.05, 0.1) is 5.56 Å². The van der Waals surface area contributed by atoms with Crippen LogP contribution in [0.15, 0.2) is 48.5 Å². The molecule has 28 heavy (non-hydrogen) atoms. The van der Waals surface area contributed by atoms with Gasteiger partial charge in [0.1, 0.15) is 12.4 Å². The SMILES string of the molecule is O=C(CNC(=O)c1ccccc1I)OC(C(=O)NC1CC1)c1ccc(F)cc1. The number of carbonyl (C=O) groups is 3. The first-order valence-electron chi connectivity index (χ1n) is 8.72. The zero-order chi connectivity index (χ0) is 20.1. The molecular weight excluding hydrogens is 478 g/mol. The summed E-state index contributed by atoms with van der Waals surface area (Å²) in [7, 11) is 0. The minimum atomic E-state index is -1.21. The van der Waals surface area contributed by atoms with Crippen molar-refractivity contribution < 1.29 is 23.5 Å². The maximum Gasteiger partial charge on any atom is 0.326 e. The van der Waals surface area contributed by atoms with Crippen LogP contribution in [-0.2, 0) is 14.3 Å². The molecule has 2 N–H and O–H groups in total. The molecule has 1 aliphatic rings. The molecule has 146 valence electrons. The predicted octanol–water partition coefficient (Wildman–Crippen LogP) is 2.72. The van der Waals surface area contributed by atoms with Crippen molar-refractivity contribution in [1.29, 1.82) is 0 Å². The van der Waals surface area contributed by atoms with E-state index in [1.54, 1.807) is 24.3 Å². The summed E-state index contributed by atoms with van der Waals surface area (Å²) in [5.74, 6) is -2.10. The molecule has 1 atom stereocenters. The molecule has 1 saturated carbocycles. The van der Waals surface area contributed by atoms with Crippen LogP contribution in [0.2, 0.25) is 0 Å². The number of esters is 1. The van der Waals surface area contributed by atoms with E-state index in [4.69, 9.17) is 4.74 Å². The fourth-order valence-electron chi connectivity index (χ4n) is 2.48. The Balaban J connectivity index is 1.63. The molecule has 2 aromatic carbocycles. The van der Waals surface area contributed by atoms with E-state index >= 15 is 0 Å². The van der Waals surface area contributed by atoms with Crippen molar-refractivity contribution in [3.8, 4) is 0 Å². The summed E-state index contributed by atoms with van der Waals surface area (Å²) in [6, 6.07) is 12.2. The monoisotopic (exact) mass is 496 g/mol. The average molecular weight is 496 g/mol. The summed E-state index contributed by atoms with van der Waals surface area (Å²) in [5.41, 5.74) is 0.800. The van der Waals surface area contributed by atoms with Gasteiger partial charge in [0.25, 0.3) is 11.8 Å². The summed E-state index contributed by atoms with van der Waals surface area (Å²) < 4.78 is 19.2. The molecule has 0 aromatic heterocycles. The third-order valence-corrected chi connectivity index (χ3v) is 5.04. The topological polar surface area (TPSA) is 84.5 Å². The maximum atomic E-state index is 13.2. The molecule has 0 saturated heterocycles. The number of hydrogen-bond acceptors (Lipinski definition) is 4. The second-order valence-electron chi connectivity index (χ2n) is 6.37. The minimum absolute atomic E-state index is 0.0778. The summed E-state index contributed by atoms with van der Waals surface area (Å²) in [6.07, 6.45) is 0.547. The second-order valence-corrected chi connectivity index (χ2v) is 7.53. The van der Waals surface area contributed by atoms with Gasteiger partial charge in [-0.15, -0.1) is 0 Å². The molecule has 8 heteroatoms. The first-order chi connectivity index (χ1) is 13.4. The lowest BCUT2D eigenvalue weighted by atomic mass is 10.1. The highest BCUT2D eigenvalue weighted by Crippen LogP contribution is 2.23. The lowest BCUT2D eigenvalue weighted by Gasteiger charge is -2.18. The molecular formula is C20H18FIN2O4. The lowest BCUT2D eigenvalue weighted by molar-refractivity contribution is -0.155. The molecule has 0 aliphatic heterocycles. The van der Waals surface area contributed by atoms with E-state index < -0.39 is 36.2 Å². The van der Waals surface area contributed by atoms with E-state index in [0.29, 0.717) is 11.1 Å². The van der Waals surface area contributed by atoms with Crippen LogP contribution in [0.3, 0.4) is 0 Å². The van der Waals surface area contributed by atoms with Crippen LogP contribution in [0.25, 0.3) is 0 Å². The van der Waals surface area contributed by atoms with Gasteiger partial charge in [0.15, 0.2) is 0 Å². The Labute approximate surface area is 175 Å². The van der Waals surface area contributed by atoms with Gasteiger partial charge in [-0.3, -0.25) is 14.4 Å². The molecule has 3 rings (SSSR count). The fraction of sp³-hybridized carbons (Fsp3) is 0.250. The molecule has 0 spiro atoms. The zero-order valence-electron chi connectivity index (χ0n) is 14.8. The van der Waals surface area contributed by atoms with Gasteiger partial charge in [-0.1, -0.05) is 24.3 Å². The van der Waals surface area contributed by atoms with Crippen LogP contribution in [0, 0.1) is 9.39 Å². The van der Waals surface area contributed by atoms with Gasteiger partial charge in [-0.2, -0.15) is 0 Å². The Hall–Kier alpha value is -2.49. The number of amides is 2. The van der Waals surface area contributed by atoms with E-state index in [0.717, 1.165) is 16.4 Å². The molecule has 1 fully saturated rings. The van der Waals surface area contributed by atoms with E-state index in [1.807, 2.05) is 22.6 Å². The van der Waals surface area contributed by atoms with Gasteiger partial charge in [0, 0.05) is 15.2 Å². The summed E-state index contributed by atoms with van der Waals surface area (Å²) in [5, 5.41) is 5.26. The Kier molecular flexibility index (Phi) is 6.61. The number of benzene rings is 2. The molecule has 2 aromatic rings. The van der Waals surface area contributed by atoms with Crippen LogP contribution < -0.4 is 10.6 Å². The summed E-state index contributed by atoms with van der Waals surface area (Å²) >= 11 is 2.03. The van der Waals surface area contributed by atoms with Gasteiger partial charge in [-0.05, 0) is 59.7 Å². The Morgan fingerprint density at radius 2 is 1.79 bits per heavy atom. The highest BCUT2D eigenvalue weighted by atomic mass is 127. The molecule has 0 bridgehead atoms. The quantitative estimate of drug-likeness (QED) is 0.456. The normalized spacial score (nSPS) is 14.1. The van der Waals surface area contributed by atoms with Crippen molar-refractivity contribution in [2.75, 3.05) is 6.54 Å². The Morgan fingerprint density at radius 1 is 1.11 bits per heavy atom. The summed E-state index contributed by atoms with van der Waals surface area (Å²) in [6.45, 7) is -0.391. The van der Waals surface area contributed by atoms with Crippen molar-refractivity contribution >= 4 is 40.4 Å². The molecule has 6 nitrogen and oxygen atoms in total. The minimum Gasteiger partial charge on any atom is -0.446 e. The highest BCUT2D eigenvalue weighted by molar-refractivity contribution is 14.1. The largest absolute Gasteiger partial charge is 0.446 e. The van der Waals surface area contributed by atoms with Gasteiger partial charge in [-0.25, -0.2) is 4.39 Å². The van der Waals surface area contributed by atoms with Crippen LogP contribution in [-0.4, -0.2) is 30.4 Å². The van der Waals surface area contributed by atoms with E-state index in [1.165, 1.54) is 24.3 Å². The maximum absolute atomic E-state index is 13.2.